The predicted octanol–water partition coefficient (Wildman–Crippen LogP) is 2.52. The van der Waals surface area contributed by atoms with Crippen LogP contribution in [0.15, 0.2) is 28.8 Å². The second-order valence-corrected chi connectivity index (χ2v) is 6.19. The van der Waals surface area contributed by atoms with Crippen molar-refractivity contribution in [3.8, 4) is 5.75 Å². The topological polar surface area (TPSA) is 54.6 Å². The Labute approximate surface area is 143 Å². The lowest BCUT2D eigenvalue weighted by Gasteiger charge is -2.38. The summed E-state index contributed by atoms with van der Waals surface area (Å²) in [5.41, 5.74) is 1.25. The Balaban J connectivity index is 1.56. The third-order valence-corrected chi connectivity index (χ3v) is 4.72. The van der Waals surface area contributed by atoms with Gasteiger partial charge in [-0.25, -0.2) is 0 Å². The highest BCUT2D eigenvalue weighted by atomic mass is 16.5. The van der Waals surface area contributed by atoms with E-state index in [2.05, 4.69) is 39.0 Å². The number of benzene rings is 1. The van der Waals surface area contributed by atoms with Crippen molar-refractivity contribution in [2.75, 3.05) is 33.3 Å². The Morgan fingerprint density at radius 2 is 1.96 bits per heavy atom. The smallest absolute Gasteiger partial charge is 0.226 e. The largest absolute Gasteiger partial charge is 0.496 e. The molecule has 24 heavy (non-hydrogen) atoms. The van der Waals surface area contributed by atoms with Crippen LogP contribution in [0.2, 0.25) is 0 Å². The first kappa shape index (κ1) is 16.9. The van der Waals surface area contributed by atoms with Crippen LogP contribution >= 0.6 is 0 Å². The highest BCUT2D eigenvalue weighted by Gasteiger charge is 2.24. The Hall–Kier alpha value is -1.92. The van der Waals surface area contributed by atoms with Crippen molar-refractivity contribution in [3.63, 3.8) is 0 Å². The maximum Gasteiger partial charge on any atom is 0.226 e. The van der Waals surface area contributed by atoms with Crippen molar-refractivity contribution in [2.45, 2.75) is 32.9 Å². The van der Waals surface area contributed by atoms with Crippen LogP contribution in [0.1, 0.15) is 37.2 Å². The lowest BCUT2D eigenvalue weighted by molar-refractivity contribution is 0.0947. The lowest BCUT2D eigenvalue weighted by Crippen LogP contribution is -2.46. The van der Waals surface area contributed by atoms with E-state index < -0.39 is 0 Å². The molecule has 0 unspecified atom stereocenters. The van der Waals surface area contributed by atoms with Crippen LogP contribution in [-0.4, -0.2) is 53.2 Å². The van der Waals surface area contributed by atoms with E-state index in [9.17, 15) is 0 Å². The highest BCUT2D eigenvalue weighted by Crippen LogP contribution is 2.29. The number of nitrogens with zero attached hydrogens (tertiary/aromatic N) is 4. The van der Waals surface area contributed by atoms with Crippen LogP contribution < -0.4 is 4.74 Å². The number of rotatable bonds is 6. The van der Waals surface area contributed by atoms with Gasteiger partial charge < -0.3 is 9.26 Å². The fourth-order valence-electron chi connectivity index (χ4n) is 3.21. The maximum atomic E-state index is 5.51. The molecule has 1 saturated heterocycles. The summed E-state index contributed by atoms with van der Waals surface area (Å²) in [4.78, 5) is 9.28. The summed E-state index contributed by atoms with van der Waals surface area (Å²) in [5.74, 6) is 2.47. The van der Waals surface area contributed by atoms with E-state index in [1.54, 1.807) is 7.11 Å². The first-order valence-electron chi connectivity index (χ1n) is 8.62. The Kier molecular flexibility index (Phi) is 5.48. The van der Waals surface area contributed by atoms with Crippen molar-refractivity contribution in [1.29, 1.82) is 0 Å². The Morgan fingerprint density at radius 3 is 2.62 bits per heavy atom. The second kappa shape index (κ2) is 7.77. The van der Waals surface area contributed by atoms with Gasteiger partial charge in [-0.2, -0.15) is 4.98 Å². The molecule has 1 fully saturated rings. The third-order valence-electron chi connectivity index (χ3n) is 4.72. The average molecular weight is 330 g/mol. The van der Waals surface area contributed by atoms with E-state index >= 15 is 0 Å². The van der Waals surface area contributed by atoms with E-state index in [1.807, 2.05) is 19.1 Å². The van der Waals surface area contributed by atoms with Crippen LogP contribution in [0.3, 0.4) is 0 Å². The van der Waals surface area contributed by atoms with Crippen molar-refractivity contribution in [1.82, 2.24) is 19.9 Å². The van der Waals surface area contributed by atoms with Gasteiger partial charge in [-0.1, -0.05) is 30.3 Å². The summed E-state index contributed by atoms with van der Waals surface area (Å²) >= 11 is 0. The minimum Gasteiger partial charge on any atom is -0.496 e. The molecule has 0 spiro atoms. The molecule has 1 atom stereocenters. The number of hydrogen-bond donors (Lipinski definition) is 0. The van der Waals surface area contributed by atoms with E-state index in [1.165, 1.54) is 5.56 Å². The summed E-state index contributed by atoms with van der Waals surface area (Å²) in [6, 6.07) is 8.62. The molecule has 0 saturated carbocycles. The summed E-state index contributed by atoms with van der Waals surface area (Å²) in [6.45, 7) is 9.11. The molecule has 0 radical (unpaired) electrons. The number of hydrogen-bond acceptors (Lipinski definition) is 6. The van der Waals surface area contributed by atoms with Crippen LogP contribution in [0, 0.1) is 0 Å². The van der Waals surface area contributed by atoms with Gasteiger partial charge >= 0.3 is 0 Å². The fourth-order valence-corrected chi connectivity index (χ4v) is 3.21. The highest BCUT2D eigenvalue weighted by molar-refractivity contribution is 5.35. The summed E-state index contributed by atoms with van der Waals surface area (Å²) in [5, 5.41) is 4.05. The van der Waals surface area contributed by atoms with Crippen molar-refractivity contribution < 1.29 is 9.26 Å². The van der Waals surface area contributed by atoms with Gasteiger partial charge in [-0.3, -0.25) is 9.80 Å². The number of aryl methyl sites for hydroxylation is 1. The number of aromatic nitrogens is 2. The van der Waals surface area contributed by atoms with E-state index in [4.69, 9.17) is 9.26 Å². The molecule has 1 aromatic heterocycles. The molecule has 1 aliphatic rings. The molecule has 1 aromatic carbocycles. The van der Waals surface area contributed by atoms with Gasteiger partial charge in [0, 0.05) is 44.2 Å². The zero-order chi connectivity index (χ0) is 16.9. The van der Waals surface area contributed by atoms with Gasteiger partial charge in [0.2, 0.25) is 5.89 Å². The van der Waals surface area contributed by atoms with Crippen LogP contribution in [0.5, 0.6) is 5.75 Å². The zero-order valence-electron chi connectivity index (χ0n) is 14.7. The van der Waals surface area contributed by atoms with Gasteiger partial charge in [-0.05, 0) is 13.0 Å². The summed E-state index contributed by atoms with van der Waals surface area (Å²) in [6.07, 6.45) is 0.789. The quantitative estimate of drug-likeness (QED) is 0.811. The first-order valence-corrected chi connectivity index (χ1v) is 8.62. The first-order chi connectivity index (χ1) is 11.7. The molecule has 0 amide bonds. The van der Waals surface area contributed by atoms with Crippen molar-refractivity contribution in [2.24, 2.45) is 0 Å². The normalized spacial score (nSPS) is 17.8. The number of methoxy groups -OCH3 is 1. The fraction of sp³-hybridized carbons (Fsp3) is 0.556. The summed E-state index contributed by atoms with van der Waals surface area (Å²) < 4.78 is 10.7. The molecule has 0 bridgehead atoms. The van der Waals surface area contributed by atoms with Crippen LogP contribution in [0.4, 0.5) is 0 Å². The van der Waals surface area contributed by atoms with E-state index in [0.29, 0.717) is 11.9 Å². The van der Waals surface area contributed by atoms with Crippen LogP contribution in [-0.2, 0) is 13.0 Å². The van der Waals surface area contributed by atoms with Gasteiger partial charge in [0.25, 0.3) is 0 Å². The van der Waals surface area contributed by atoms with Gasteiger partial charge in [0.05, 0.1) is 13.7 Å². The van der Waals surface area contributed by atoms with E-state index in [0.717, 1.165) is 50.7 Å². The molecular weight excluding hydrogens is 304 g/mol. The zero-order valence-corrected chi connectivity index (χ0v) is 14.7. The molecular formula is C18H26N4O2. The Morgan fingerprint density at radius 1 is 1.21 bits per heavy atom. The Bertz CT molecular complexity index is 650. The third kappa shape index (κ3) is 3.76. The standard InChI is InChI=1S/C18H26N4O2/c1-4-18-19-17(20-24-18)13-21-9-11-22(12-10-21)14(2)15-7-5-6-8-16(15)23-3/h5-8,14H,4,9-13H2,1-3H3/t14-/m1/s1. The number of ether oxygens (including phenoxy) is 1. The van der Waals surface area contributed by atoms with Crippen molar-refractivity contribution >= 4 is 0 Å². The van der Waals surface area contributed by atoms with Crippen molar-refractivity contribution in [3.05, 3.63) is 41.5 Å². The molecule has 2 heterocycles. The lowest BCUT2D eigenvalue weighted by atomic mass is 10.0. The molecule has 2 aromatic rings. The van der Waals surface area contributed by atoms with E-state index in [-0.39, 0.29) is 0 Å². The second-order valence-electron chi connectivity index (χ2n) is 6.19. The maximum absolute atomic E-state index is 5.51. The molecule has 0 N–H and O–H groups in total. The predicted molar refractivity (Wildman–Crippen MR) is 91.9 cm³/mol. The molecule has 0 aliphatic carbocycles. The monoisotopic (exact) mass is 330 g/mol. The number of piperazine rings is 1. The number of para-hydroxylation sites is 1. The van der Waals surface area contributed by atoms with Crippen LogP contribution in [0.25, 0.3) is 0 Å². The van der Waals surface area contributed by atoms with Gasteiger partial charge in [-0.15, -0.1) is 0 Å². The molecule has 3 rings (SSSR count). The van der Waals surface area contributed by atoms with Gasteiger partial charge in [0.1, 0.15) is 5.75 Å². The molecule has 6 heteroatoms. The minimum atomic E-state index is 0.347. The molecule has 1 aliphatic heterocycles. The minimum absolute atomic E-state index is 0.347. The van der Waals surface area contributed by atoms with Gasteiger partial charge in [0.15, 0.2) is 5.82 Å². The molecule has 6 nitrogen and oxygen atoms in total. The SMILES string of the molecule is CCc1nc(CN2CCN([C@H](C)c3ccccc3OC)CC2)no1. The summed E-state index contributed by atoms with van der Waals surface area (Å²) in [7, 11) is 1.74. The molecule has 130 valence electrons. The average Bonchev–Trinajstić information content (AvgIpc) is 3.09.